The summed E-state index contributed by atoms with van der Waals surface area (Å²) < 4.78 is 30.6. The molecule has 2 heteroatoms. The summed E-state index contributed by atoms with van der Waals surface area (Å²) in [5.74, 6) is -1.95. The molecule has 0 atom stereocenters. The number of rotatable bonds is 6. The molecule has 0 amide bonds. The Morgan fingerprint density at radius 1 is 0.920 bits per heavy atom. The maximum absolute atomic E-state index is 15.3. The maximum Gasteiger partial charge on any atom is 0.276 e. The van der Waals surface area contributed by atoms with E-state index in [0.29, 0.717) is 24.3 Å². The van der Waals surface area contributed by atoms with E-state index in [4.69, 9.17) is 0 Å². The molecule has 0 aromatic heterocycles. The zero-order chi connectivity index (χ0) is 17.7. The van der Waals surface area contributed by atoms with E-state index in [9.17, 15) is 0 Å². The molecule has 0 saturated heterocycles. The van der Waals surface area contributed by atoms with Crippen LogP contribution < -0.4 is 0 Å². The predicted molar refractivity (Wildman–Crippen MR) is 101 cm³/mol. The Morgan fingerprint density at radius 2 is 1.60 bits per heavy atom. The minimum absolute atomic E-state index is 0.337. The summed E-state index contributed by atoms with van der Waals surface area (Å²) in [6, 6.07) is 7.47. The standard InChI is InChI=1S/C23H34F2/c1-2-3-9-18-14-16-19(17-15-18)21-12-7-8-13-22(21)23(24,25)20-10-5-4-6-11-20/h7-8,12-13,18-20H,2-6,9-11,14-17H2,1H3/t18-,19-. The van der Waals surface area contributed by atoms with Crippen molar-refractivity contribution in [3.63, 3.8) is 0 Å². The van der Waals surface area contributed by atoms with E-state index in [1.807, 2.05) is 18.2 Å². The third-order valence-electron chi connectivity index (χ3n) is 6.69. The summed E-state index contributed by atoms with van der Waals surface area (Å²) in [4.78, 5) is 0. The van der Waals surface area contributed by atoms with E-state index in [2.05, 4.69) is 6.92 Å². The minimum Gasteiger partial charge on any atom is -0.201 e. The first-order valence-electron chi connectivity index (χ1n) is 10.6. The molecule has 0 unspecified atom stereocenters. The molecule has 1 aromatic carbocycles. The lowest BCUT2D eigenvalue weighted by atomic mass is 9.73. The molecule has 0 N–H and O–H groups in total. The minimum atomic E-state index is -2.66. The second-order valence-corrected chi connectivity index (χ2v) is 8.41. The van der Waals surface area contributed by atoms with E-state index in [1.165, 1.54) is 32.1 Å². The fourth-order valence-electron chi connectivity index (χ4n) is 5.10. The highest BCUT2D eigenvalue weighted by atomic mass is 19.3. The summed E-state index contributed by atoms with van der Waals surface area (Å²) >= 11 is 0. The number of unbranched alkanes of at least 4 members (excludes halogenated alkanes) is 1. The molecule has 0 spiro atoms. The van der Waals surface area contributed by atoms with Gasteiger partial charge >= 0.3 is 0 Å². The van der Waals surface area contributed by atoms with Gasteiger partial charge in [0.15, 0.2) is 0 Å². The Hall–Kier alpha value is -0.920. The van der Waals surface area contributed by atoms with Gasteiger partial charge < -0.3 is 0 Å². The number of halogens is 2. The van der Waals surface area contributed by atoms with Crippen LogP contribution in [0.25, 0.3) is 0 Å². The van der Waals surface area contributed by atoms with Crippen LogP contribution in [0, 0.1) is 11.8 Å². The van der Waals surface area contributed by atoms with Crippen LogP contribution in [0.3, 0.4) is 0 Å². The Labute approximate surface area is 152 Å². The Kier molecular flexibility index (Phi) is 6.52. The van der Waals surface area contributed by atoms with Crippen LogP contribution in [0.1, 0.15) is 101 Å². The van der Waals surface area contributed by atoms with Crippen molar-refractivity contribution in [3.8, 4) is 0 Å². The average molecular weight is 349 g/mol. The average Bonchev–Trinajstić information content (AvgIpc) is 2.67. The molecule has 0 nitrogen and oxygen atoms in total. The fourth-order valence-corrected chi connectivity index (χ4v) is 5.10. The Morgan fingerprint density at radius 3 is 2.28 bits per heavy atom. The highest BCUT2D eigenvalue weighted by molar-refractivity contribution is 5.35. The van der Waals surface area contributed by atoms with Gasteiger partial charge in [0.1, 0.15) is 0 Å². The van der Waals surface area contributed by atoms with E-state index >= 15 is 8.78 Å². The second kappa shape index (κ2) is 8.64. The topological polar surface area (TPSA) is 0 Å². The Balaban J connectivity index is 1.73. The largest absolute Gasteiger partial charge is 0.276 e. The van der Waals surface area contributed by atoms with Crippen LogP contribution >= 0.6 is 0 Å². The molecule has 1 aromatic rings. The first-order valence-corrected chi connectivity index (χ1v) is 10.6. The molecule has 2 aliphatic rings. The lowest BCUT2D eigenvalue weighted by Gasteiger charge is -2.35. The van der Waals surface area contributed by atoms with E-state index in [-0.39, 0.29) is 0 Å². The van der Waals surface area contributed by atoms with Crippen molar-refractivity contribution >= 4 is 0 Å². The number of benzene rings is 1. The van der Waals surface area contributed by atoms with E-state index in [0.717, 1.165) is 43.6 Å². The van der Waals surface area contributed by atoms with Crippen molar-refractivity contribution in [1.29, 1.82) is 0 Å². The second-order valence-electron chi connectivity index (χ2n) is 8.41. The van der Waals surface area contributed by atoms with Gasteiger partial charge in [-0.15, -0.1) is 0 Å². The van der Waals surface area contributed by atoms with Gasteiger partial charge in [-0.05, 0) is 55.9 Å². The van der Waals surface area contributed by atoms with Crippen LogP contribution in [0.4, 0.5) is 8.78 Å². The summed E-state index contributed by atoms with van der Waals surface area (Å²) in [5.41, 5.74) is 1.30. The quantitative estimate of drug-likeness (QED) is 0.491. The van der Waals surface area contributed by atoms with Gasteiger partial charge in [0, 0.05) is 11.5 Å². The molecule has 2 saturated carbocycles. The van der Waals surface area contributed by atoms with Crippen molar-refractivity contribution in [1.82, 2.24) is 0 Å². The van der Waals surface area contributed by atoms with Crippen molar-refractivity contribution < 1.29 is 8.78 Å². The lowest BCUT2D eigenvalue weighted by Crippen LogP contribution is -2.29. The monoisotopic (exact) mass is 348 g/mol. The normalized spacial score (nSPS) is 25.9. The summed E-state index contributed by atoms with van der Waals surface area (Å²) in [6.45, 7) is 2.25. The van der Waals surface area contributed by atoms with Gasteiger partial charge in [0.25, 0.3) is 5.92 Å². The van der Waals surface area contributed by atoms with Gasteiger partial charge in [-0.25, -0.2) is 8.78 Å². The van der Waals surface area contributed by atoms with Crippen molar-refractivity contribution in [2.75, 3.05) is 0 Å². The van der Waals surface area contributed by atoms with Gasteiger partial charge in [0.05, 0.1) is 0 Å². The molecule has 0 bridgehead atoms. The van der Waals surface area contributed by atoms with Gasteiger partial charge in [-0.2, -0.15) is 0 Å². The third kappa shape index (κ3) is 4.44. The van der Waals surface area contributed by atoms with E-state index < -0.39 is 11.8 Å². The highest BCUT2D eigenvalue weighted by Gasteiger charge is 2.43. The molecule has 0 aliphatic heterocycles. The number of hydrogen-bond donors (Lipinski definition) is 0. The highest BCUT2D eigenvalue weighted by Crippen LogP contribution is 2.48. The van der Waals surface area contributed by atoms with Crippen LogP contribution in [-0.4, -0.2) is 0 Å². The molecule has 0 radical (unpaired) electrons. The SMILES string of the molecule is CCCC[C@H]1CC[C@H](c2ccccc2C(F)(F)C2CCCCC2)CC1. The summed E-state index contributed by atoms with van der Waals surface area (Å²) in [7, 11) is 0. The molecule has 25 heavy (non-hydrogen) atoms. The summed E-state index contributed by atoms with van der Waals surface area (Å²) in [6.07, 6.45) is 12.9. The summed E-state index contributed by atoms with van der Waals surface area (Å²) in [5, 5.41) is 0. The zero-order valence-electron chi connectivity index (χ0n) is 15.8. The van der Waals surface area contributed by atoms with Crippen molar-refractivity contribution in [2.45, 2.75) is 95.8 Å². The maximum atomic E-state index is 15.3. The van der Waals surface area contributed by atoms with Crippen LogP contribution in [0.2, 0.25) is 0 Å². The zero-order valence-corrected chi connectivity index (χ0v) is 15.8. The number of alkyl halides is 2. The molecule has 3 rings (SSSR count). The van der Waals surface area contributed by atoms with Crippen molar-refractivity contribution in [2.24, 2.45) is 11.8 Å². The van der Waals surface area contributed by atoms with Gasteiger partial charge in [-0.1, -0.05) is 69.7 Å². The number of hydrogen-bond acceptors (Lipinski definition) is 0. The molecule has 0 heterocycles. The molecular weight excluding hydrogens is 314 g/mol. The first kappa shape index (κ1) is 18.9. The van der Waals surface area contributed by atoms with E-state index in [1.54, 1.807) is 6.07 Å². The third-order valence-corrected chi connectivity index (χ3v) is 6.69. The molecule has 140 valence electrons. The molecular formula is C23H34F2. The van der Waals surface area contributed by atoms with Gasteiger partial charge in [-0.3, -0.25) is 0 Å². The molecule has 2 aliphatic carbocycles. The van der Waals surface area contributed by atoms with Crippen LogP contribution in [0.5, 0.6) is 0 Å². The van der Waals surface area contributed by atoms with Gasteiger partial charge in [0.2, 0.25) is 0 Å². The Bertz CT molecular complexity index is 523. The van der Waals surface area contributed by atoms with Crippen LogP contribution in [0.15, 0.2) is 24.3 Å². The fraction of sp³-hybridized carbons (Fsp3) is 0.739. The molecule has 2 fully saturated rings. The predicted octanol–water partition coefficient (Wildman–Crippen LogP) is 7.82. The lowest BCUT2D eigenvalue weighted by molar-refractivity contribution is -0.0787. The smallest absolute Gasteiger partial charge is 0.201 e. The van der Waals surface area contributed by atoms with Crippen LogP contribution in [-0.2, 0) is 5.92 Å². The first-order chi connectivity index (χ1) is 12.1. The van der Waals surface area contributed by atoms with Crippen molar-refractivity contribution in [3.05, 3.63) is 35.4 Å².